The fraction of sp³-hybridized carbons (Fsp3) is 0.408. The van der Waals surface area contributed by atoms with Gasteiger partial charge in [0.15, 0.2) is 0 Å². The molecule has 2 aromatic carbocycles. The Bertz CT molecular complexity index is 2620. The van der Waals surface area contributed by atoms with E-state index in [9.17, 15) is 33.6 Å². The predicted octanol–water partition coefficient (Wildman–Crippen LogP) is 4.11. The predicted molar refractivity (Wildman–Crippen MR) is 256 cm³/mol. The van der Waals surface area contributed by atoms with Crippen LogP contribution in [-0.2, 0) is 20.9 Å². The molecule has 7 N–H and O–H groups in total. The molecule has 3 aliphatic heterocycles. The molecule has 7 rings (SSSR count). The number of hydrogen-bond acceptors (Lipinski definition) is 13. The van der Waals surface area contributed by atoms with Gasteiger partial charge in [0.1, 0.15) is 11.9 Å². The Kier molecular flexibility index (Phi) is 15.2. The topological polar surface area (TPSA) is 242 Å². The first-order chi connectivity index (χ1) is 32.2. The van der Waals surface area contributed by atoms with Crippen LogP contribution in [-0.4, -0.2) is 119 Å². The van der Waals surface area contributed by atoms with E-state index >= 15 is 0 Å². The van der Waals surface area contributed by atoms with Crippen LogP contribution < -0.4 is 37.0 Å². The van der Waals surface area contributed by atoms with Crippen LogP contribution >= 0.6 is 0 Å². The van der Waals surface area contributed by atoms with E-state index in [1.807, 2.05) is 52.0 Å². The monoisotopic (exact) mass is 913 g/mol. The molecule has 0 spiro atoms. The van der Waals surface area contributed by atoms with E-state index < -0.39 is 35.6 Å². The Morgan fingerprint density at radius 3 is 2.39 bits per heavy atom. The van der Waals surface area contributed by atoms with Crippen LogP contribution in [0.15, 0.2) is 59.5 Å². The number of H-pyrrole nitrogens is 1. The van der Waals surface area contributed by atoms with Gasteiger partial charge in [0.05, 0.1) is 16.7 Å². The van der Waals surface area contributed by atoms with Crippen LogP contribution in [0.1, 0.15) is 106 Å². The highest BCUT2D eigenvalue weighted by Gasteiger charge is 2.45. The van der Waals surface area contributed by atoms with Gasteiger partial charge in [0.2, 0.25) is 17.7 Å². The third kappa shape index (κ3) is 11.3. The van der Waals surface area contributed by atoms with Crippen LogP contribution in [0.2, 0.25) is 0 Å². The zero-order valence-electron chi connectivity index (χ0n) is 38.5. The normalized spacial score (nSPS) is 16.2. The number of rotatable bonds is 19. The number of carbonyl (C=O) groups is 6. The van der Waals surface area contributed by atoms with E-state index in [1.54, 1.807) is 30.5 Å². The minimum atomic E-state index is -1.02. The second-order valence-corrected chi connectivity index (χ2v) is 17.6. The second-order valence-electron chi connectivity index (χ2n) is 17.6. The van der Waals surface area contributed by atoms with Gasteiger partial charge in [0.25, 0.3) is 23.3 Å². The van der Waals surface area contributed by atoms with Crippen molar-refractivity contribution in [2.75, 3.05) is 61.3 Å². The zero-order valence-corrected chi connectivity index (χ0v) is 38.5. The fourth-order valence-electron chi connectivity index (χ4n) is 8.82. The summed E-state index contributed by atoms with van der Waals surface area (Å²) in [5, 5.41) is 23.0. The van der Waals surface area contributed by atoms with Gasteiger partial charge in [-0.1, -0.05) is 12.5 Å². The average Bonchev–Trinajstić information content (AvgIpc) is 3.55. The van der Waals surface area contributed by atoms with Crippen LogP contribution in [0.5, 0.6) is 0 Å². The highest BCUT2D eigenvalue weighted by Crippen LogP contribution is 2.33. The molecule has 5 heterocycles. The number of nitrogens with one attached hydrogen (secondary N) is 7. The number of carbonyl (C=O) groups excluding carboxylic acids is 6. The number of imide groups is 2. The minimum Gasteiger partial charge on any atom is -0.384 e. The van der Waals surface area contributed by atoms with Crippen molar-refractivity contribution >= 4 is 58.9 Å². The smallest absolute Gasteiger partial charge is 0.264 e. The molecular formula is C49H59N11O7. The van der Waals surface area contributed by atoms with Gasteiger partial charge >= 0.3 is 0 Å². The molecule has 6 amide bonds. The number of aromatic amines is 1. The molecule has 1 unspecified atom stereocenters. The van der Waals surface area contributed by atoms with Gasteiger partial charge in [-0.15, -0.1) is 0 Å². The number of anilines is 3. The summed E-state index contributed by atoms with van der Waals surface area (Å²) in [4.78, 5) is 102. The van der Waals surface area contributed by atoms with Crippen molar-refractivity contribution in [3.05, 3.63) is 104 Å². The van der Waals surface area contributed by atoms with Crippen LogP contribution in [0, 0.1) is 19.3 Å². The lowest BCUT2D eigenvalue weighted by Crippen LogP contribution is -2.54. The third-order valence-electron chi connectivity index (χ3n) is 12.3. The molecule has 2 aromatic heterocycles. The molecule has 0 saturated carbocycles. The Hall–Kier alpha value is -7.21. The number of unbranched alkanes of at least 4 members (excludes halogenated alkanes) is 2. The molecule has 18 heteroatoms. The largest absolute Gasteiger partial charge is 0.384 e. The van der Waals surface area contributed by atoms with Crippen molar-refractivity contribution in [1.82, 2.24) is 35.7 Å². The van der Waals surface area contributed by atoms with E-state index in [1.165, 1.54) is 6.21 Å². The van der Waals surface area contributed by atoms with Gasteiger partial charge in [-0.2, -0.15) is 0 Å². The van der Waals surface area contributed by atoms with Crippen molar-refractivity contribution in [2.24, 2.45) is 0 Å². The van der Waals surface area contributed by atoms with Crippen LogP contribution in [0.25, 0.3) is 11.1 Å². The Labute approximate surface area is 389 Å². The van der Waals surface area contributed by atoms with E-state index in [4.69, 9.17) is 10.4 Å². The number of amides is 6. The molecule has 0 aliphatic carbocycles. The number of benzene rings is 2. The highest BCUT2D eigenvalue weighted by atomic mass is 16.2. The summed E-state index contributed by atoms with van der Waals surface area (Å²) in [5.74, 6) is -1.72. The SMILES string of the molecule is Cc1cc(C)c(CNC(=O)c2cc(-c3ccc(N4CCN(CCNC(=O)CCCCCNc5cccc6c5C(=O)N(C5CCC(=O)NC5=O)C6=O)CC4)nc3)cc(NC(C)C)c2C=N)c(=O)[nH]1. The molecule has 0 bridgehead atoms. The lowest BCUT2D eigenvalue weighted by molar-refractivity contribution is -0.136. The average molecular weight is 914 g/mol. The summed E-state index contributed by atoms with van der Waals surface area (Å²) in [6.07, 6.45) is 5.75. The summed E-state index contributed by atoms with van der Waals surface area (Å²) in [7, 11) is 0. The summed E-state index contributed by atoms with van der Waals surface area (Å²) in [6.45, 7) is 12.6. The quantitative estimate of drug-likeness (QED) is 0.0400. The van der Waals surface area contributed by atoms with Crippen molar-refractivity contribution < 1.29 is 28.8 Å². The number of piperidine rings is 1. The maximum Gasteiger partial charge on any atom is 0.264 e. The van der Waals surface area contributed by atoms with Gasteiger partial charge in [0, 0.05) is 117 Å². The summed E-state index contributed by atoms with van der Waals surface area (Å²) < 4.78 is 0. The van der Waals surface area contributed by atoms with Gasteiger partial charge in [-0.05, 0) is 101 Å². The molecular weight excluding hydrogens is 855 g/mol. The number of pyridine rings is 2. The first kappa shape index (κ1) is 47.7. The first-order valence-corrected chi connectivity index (χ1v) is 22.9. The number of piperazine rings is 1. The molecule has 67 heavy (non-hydrogen) atoms. The lowest BCUT2D eigenvalue weighted by Gasteiger charge is -2.35. The lowest BCUT2D eigenvalue weighted by atomic mass is 9.97. The van der Waals surface area contributed by atoms with Crippen molar-refractivity contribution in [2.45, 2.75) is 84.8 Å². The van der Waals surface area contributed by atoms with Crippen LogP contribution in [0.4, 0.5) is 17.2 Å². The molecule has 2 saturated heterocycles. The molecule has 4 aromatic rings. The number of nitrogens with zero attached hydrogens (tertiary/aromatic N) is 4. The van der Waals surface area contributed by atoms with Crippen molar-refractivity contribution in [1.29, 1.82) is 5.41 Å². The van der Waals surface area contributed by atoms with E-state index in [2.05, 4.69) is 41.4 Å². The Balaban J connectivity index is 0.830. The molecule has 2 fully saturated rings. The second kappa shape index (κ2) is 21.4. The summed E-state index contributed by atoms with van der Waals surface area (Å²) >= 11 is 0. The Morgan fingerprint density at radius 2 is 1.69 bits per heavy atom. The van der Waals surface area contributed by atoms with Crippen molar-refractivity contribution in [3.8, 4) is 11.1 Å². The van der Waals surface area contributed by atoms with Crippen LogP contribution in [0.3, 0.4) is 0 Å². The third-order valence-corrected chi connectivity index (χ3v) is 12.3. The minimum absolute atomic E-state index is 0.00400. The maximum atomic E-state index is 13.7. The van der Waals surface area contributed by atoms with Crippen molar-refractivity contribution in [3.63, 3.8) is 0 Å². The summed E-state index contributed by atoms with van der Waals surface area (Å²) in [6, 6.07) is 13.5. The molecule has 18 nitrogen and oxygen atoms in total. The molecule has 0 radical (unpaired) electrons. The van der Waals surface area contributed by atoms with E-state index in [-0.39, 0.29) is 48.0 Å². The molecule has 3 aliphatic rings. The highest BCUT2D eigenvalue weighted by molar-refractivity contribution is 6.25. The number of aryl methyl sites for hydroxylation is 2. The zero-order chi connectivity index (χ0) is 47.8. The van der Waals surface area contributed by atoms with Gasteiger partial charge < -0.3 is 36.6 Å². The van der Waals surface area contributed by atoms with Gasteiger partial charge in [-0.3, -0.25) is 48.7 Å². The van der Waals surface area contributed by atoms with E-state index in [0.717, 1.165) is 78.7 Å². The summed E-state index contributed by atoms with van der Waals surface area (Å²) in [5.41, 5.74) is 5.72. The molecule has 352 valence electrons. The maximum absolute atomic E-state index is 13.7. The Morgan fingerprint density at radius 1 is 0.896 bits per heavy atom. The number of fused-ring (bicyclic) bond motifs is 1. The van der Waals surface area contributed by atoms with E-state index in [0.29, 0.717) is 54.0 Å². The number of hydrogen-bond donors (Lipinski definition) is 7. The molecule has 1 atom stereocenters. The number of aromatic nitrogens is 2. The standard InChI is InChI=1S/C49H59N11O7/c1-29(2)55-39-25-33(24-35(36(39)26-50)45(63)54-28-37-30(3)23-31(4)56-46(37)64)32-12-14-41(53-27-32)59-21-19-58(20-22-59)18-17-52-42(61)11-6-5-7-16-51-38-10-8-9-34-44(38)49(67)60(48(34)66)40-13-15-43(62)57-47(40)65/h8-10,12,14,23-27,29,40,50-51,55H,5-7,11,13,15-22,28H2,1-4H3,(H,52,61)(H,54,63)(H,56,64)(H,57,62,65). The van der Waals surface area contributed by atoms with Gasteiger partial charge in [-0.25, -0.2) is 4.98 Å². The first-order valence-electron chi connectivity index (χ1n) is 22.9. The fourth-order valence-corrected chi connectivity index (χ4v) is 8.82.